The van der Waals surface area contributed by atoms with E-state index in [2.05, 4.69) is 30.3 Å². The largest absolute Gasteiger partial charge is 0.122 e. The van der Waals surface area contributed by atoms with Crippen LogP contribution in [0.2, 0.25) is 5.02 Å². The zero-order chi connectivity index (χ0) is 14.4. The fourth-order valence-electron chi connectivity index (χ4n) is 4.14. The zero-order valence-electron chi connectivity index (χ0n) is 11.8. The highest BCUT2D eigenvalue weighted by molar-refractivity contribution is 6.30. The topological polar surface area (TPSA) is 0 Å². The molecule has 0 amide bonds. The summed E-state index contributed by atoms with van der Waals surface area (Å²) in [4.78, 5) is 0. The first-order chi connectivity index (χ1) is 10.2. The van der Waals surface area contributed by atoms with E-state index in [1.54, 1.807) is 5.56 Å². The molecule has 4 atom stereocenters. The van der Waals surface area contributed by atoms with Gasteiger partial charge in [0.15, 0.2) is 0 Å². The van der Waals surface area contributed by atoms with Crippen molar-refractivity contribution in [3.8, 4) is 0 Å². The quantitative estimate of drug-likeness (QED) is 0.659. The minimum atomic E-state index is 0.213. The van der Waals surface area contributed by atoms with Gasteiger partial charge < -0.3 is 0 Å². The first-order valence-electron chi connectivity index (χ1n) is 7.70. The number of aryl methyl sites for hydroxylation is 1. The Balaban J connectivity index is 1.52. The summed E-state index contributed by atoms with van der Waals surface area (Å²) in [7, 11) is 0. The molecule has 21 heavy (non-hydrogen) atoms. The van der Waals surface area contributed by atoms with Crippen LogP contribution in [0.25, 0.3) is 0 Å². The number of benzene rings is 2. The van der Waals surface area contributed by atoms with Crippen LogP contribution in [0.15, 0.2) is 48.5 Å². The average Bonchev–Trinajstić information content (AvgIpc) is 3.22. The second kappa shape index (κ2) is 5.34. The maximum atomic E-state index is 6.76. The summed E-state index contributed by atoms with van der Waals surface area (Å²) in [5.74, 6) is 2.12. The Morgan fingerprint density at radius 1 is 1.10 bits per heavy atom. The number of hydrogen-bond donors (Lipinski definition) is 0. The van der Waals surface area contributed by atoms with Gasteiger partial charge in [-0.25, -0.2) is 0 Å². The Morgan fingerprint density at radius 2 is 1.95 bits per heavy atom. The third kappa shape index (κ3) is 2.49. The third-order valence-electron chi connectivity index (χ3n) is 5.13. The molecule has 0 N–H and O–H groups in total. The molecule has 0 bridgehead atoms. The van der Waals surface area contributed by atoms with Crippen molar-refractivity contribution in [3.63, 3.8) is 0 Å². The Bertz CT molecular complexity index is 664. The third-order valence-corrected chi connectivity index (χ3v) is 5.81. The molecule has 0 spiro atoms. The predicted molar refractivity (Wildman–Crippen MR) is 89.3 cm³/mol. The van der Waals surface area contributed by atoms with Crippen molar-refractivity contribution >= 4 is 23.2 Å². The van der Waals surface area contributed by atoms with E-state index in [1.165, 1.54) is 24.0 Å². The van der Waals surface area contributed by atoms with Gasteiger partial charge in [-0.2, -0.15) is 0 Å². The Hall–Kier alpha value is -0.980. The standard InChI is InChI=1S/C19H18Cl2/c20-14-6-3-4-12(10-14)11-17(21)19-16-9-8-13-5-1-2-7-15(13)18(16)19/h1-7,10,16-19H,8-9,11H2. The number of fused-ring (bicyclic) bond motifs is 3. The molecule has 4 unspecified atom stereocenters. The molecule has 0 radical (unpaired) electrons. The molecule has 2 heteroatoms. The molecule has 0 aromatic heterocycles. The molecule has 0 aliphatic heterocycles. The lowest BCUT2D eigenvalue weighted by atomic mass is 9.92. The fourth-order valence-corrected chi connectivity index (χ4v) is 4.87. The van der Waals surface area contributed by atoms with E-state index in [0.29, 0.717) is 11.8 Å². The predicted octanol–water partition coefficient (Wildman–Crippen LogP) is 5.47. The van der Waals surface area contributed by atoms with Gasteiger partial charge in [0.25, 0.3) is 0 Å². The molecule has 2 aliphatic rings. The van der Waals surface area contributed by atoms with Crippen LogP contribution in [0, 0.1) is 11.8 Å². The molecular weight excluding hydrogens is 299 g/mol. The van der Waals surface area contributed by atoms with Crippen LogP contribution in [0.3, 0.4) is 0 Å². The maximum absolute atomic E-state index is 6.76. The summed E-state index contributed by atoms with van der Waals surface area (Å²) in [6.45, 7) is 0. The number of alkyl halides is 1. The molecule has 2 aromatic carbocycles. The molecule has 0 saturated heterocycles. The van der Waals surface area contributed by atoms with Gasteiger partial charge in [0.2, 0.25) is 0 Å². The van der Waals surface area contributed by atoms with Crippen molar-refractivity contribution < 1.29 is 0 Å². The molecule has 2 aromatic rings. The summed E-state index contributed by atoms with van der Waals surface area (Å²) < 4.78 is 0. The van der Waals surface area contributed by atoms with Crippen LogP contribution in [-0.4, -0.2) is 5.38 Å². The highest BCUT2D eigenvalue weighted by Gasteiger charge is 2.55. The lowest BCUT2D eigenvalue weighted by molar-refractivity contribution is 0.610. The van der Waals surface area contributed by atoms with Gasteiger partial charge in [0, 0.05) is 10.4 Å². The molecular formula is C19H18Cl2. The van der Waals surface area contributed by atoms with Crippen LogP contribution < -0.4 is 0 Å². The lowest BCUT2D eigenvalue weighted by Crippen LogP contribution is -2.08. The van der Waals surface area contributed by atoms with Crippen molar-refractivity contribution in [1.82, 2.24) is 0 Å². The van der Waals surface area contributed by atoms with Gasteiger partial charge in [-0.3, -0.25) is 0 Å². The number of halogens is 2. The van der Waals surface area contributed by atoms with E-state index in [0.717, 1.165) is 17.4 Å². The van der Waals surface area contributed by atoms with Crippen molar-refractivity contribution in [2.75, 3.05) is 0 Å². The van der Waals surface area contributed by atoms with Crippen molar-refractivity contribution in [3.05, 3.63) is 70.2 Å². The Labute approximate surface area is 136 Å². The summed E-state index contributed by atoms with van der Waals surface area (Å²) >= 11 is 12.8. The lowest BCUT2D eigenvalue weighted by Gasteiger charge is -2.13. The van der Waals surface area contributed by atoms with Gasteiger partial charge >= 0.3 is 0 Å². The Kier molecular flexibility index (Phi) is 3.47. The Morgan fingerprint density at radius 3 is 2.81 bits per heavy atom. The van der Waals surface area contributed by atoms with Crippen LogP contribution in [0.5, 0.6) is 0 Å². The molecule has 1 saturated carbocycles. The first kappa shape index (κ1) is 13.7. The van der Waals surface area contributed by atoms with E-state index >= 15 is 0 Å². The fraction of sp³-hybridized carbons (Fsp3) is 0.368. The molecule has 2 aliphatic carbocycles. The number of hydrogen-bond acceptors (Lipinski definition) is 0. The average molecular weight is 317 g/mol. The second-order valence-corrected chi connectivity index (χ2v) is 7.35. The van der Waals surface area contributed by atoms with Gasteiger partial charge in [0.1, 0.15) is 0 Å². The van der Waals surface area contributed by atoms with E-state index in [9.17, 15) is 0 Å². The summed E-state index contributed by atoms with van der Waals surface area (Å²) in [5.41, 5.74) is 4.34. The van der Waals surface area contributed by atoms with Crippen LogP contribution in [0.1, 0.15) is 29.0 Å². The monoisotopic (exact) mass is 316 g/mol. The number of rotatable bonds is 3. The van der Waals surface area contributed by atoms with Gasteiger partial charge in [-0.1, -0.05) is 48.0 Å². The smallest absolute Gasteiger partial charge is 0.0413 e. The minimum Gasteiger partial charge on any atom is -0.122 e. The maximum Gasteiger partial charge on any atom is 0.0413 e. The van der Waals surface area contributed by atoms with E-state index < -0.39 is 0 Å². The molecule has 0 heterocycles. The highest BCUT2D eigenvalue weighted by atomic mass is 35.5. The van der Waals surface area contributed by atoms with E-state index in [4.69, 9.17) is 23.2 Å². The summed E-state index contributed by atoms with van der Waals surface area (Å²) in [6.07, 6.45) is 3.43. The molecule has 1 fully saturated rings. The van der Waals surface area contributed by atoms with E-state index in [1.807, 2.05) is 18.2 Å². The van der Waals surface area contributed by atoms with Crippen molar-refractivity contribution in [2.45, 2.75) is 30.6 Å². The summed E-state index contributed by atoms with van der Waals surface area (Å²) in [5, 5.41) is 1.01. The highest BCUT2D eigenvalue weighted by Crippen LogP contribution is 2.62. The van der Waals surface area contributed by atoms with Gasteiger partial charge in [-0.15, -0.1) is 11.6 Å². The minimum absolute atomic E-state index is 0.213. The molecule has 4 rings (SSSR count). The SMILES string of the molecule is Clc1cccc(CC(Cl)C2C3CCc4ccccc4C32)c1. The van der Waals surface area contributed by atoms with Gasteiger partial charge in [0.05, 0.1) is 0 Å². The first-order valence-corrected chi connectivity index (χ1v) is 8.52. The normalized spacial score (nSPS) is 27.6. The van der Waals surface area contributed by atoms with E-state index in [-0.39, 0.29) is 5.38 Å². The van der Waals surface area contributed by atoms with Crippen molar-refractivity contribution in [2.24, 2.45) is 11.8 Å². The zero-order valence-corrected chi connectivity index (χ0v) is 13.3. The van der Waals surface area contributed by atoms with Crippen LogP contribution in [-0.2, 0) is 12.8 Å². The summed E-state index contributed by atoms with van der Waals surface area (Å²) in [6, 6.07) is 17.0. The van der Waals surface area contributed by atoms with Gasteiger partial charge in [-0.05, 0) is 65.8 Å². The molecule has 0 nitrogen and oxygen atoms in total. The second-order valence-electron chi connectivity index (χ2n) is 6.35. The molecule has 108 valence electrons. The van der Waals surface area contributed by atoms with Crippen molar-refractivity contribution in [1.29, 1.82) is 0 Å². The van der Waals surface area contributed by atoms with Crippen LogP contribution in [0.4, 0.5) is 0 Å². The van der Waals surface area contributed by atoms with Crippen LogP contribution >= 0.6 is 23.2 Å².